The molecule has 2 heterocycles. The van der Waals surface area contributed by atoms with Gasteiger partial charge in [-0.3, -0.25) is 19.1 Å². The van der Waals surface area contributed by atoms with Crippen LogP contribution in [-0.2, 0) is 11.3 Å². The number of fused-ring (bicyclic) bond motifs is 1. The van der Waals surface area contributed by atoms with Crippen molar-refractivity contribution in [1.29, 1.82) is 0 Å². The second-order valence-electron chi connectivity index (χ2n) is 5.26. The fourth-order valence-corrected chi connectivity index (χ4v) is 2.40. The quantitative estimate of drug-likeness (QED) is 0.795. The Hall–Kier alpha value is -3.02. The van der Waals surface area contributed by atoms with Gasteiger partial charge in [0.2, 0.25) is 5.91 Å². The van der Waals surface area contributed by atoms with Gasteiger partial charge in [-0.2, -0.15) is 0 Å². The zero-order chi connectivity index (χ0) is 16.2. The van der Waals surface area contributed by atoms with E-state index < -0.39 is 0 Å². The molecule has 1 unspecified atom stereocenters. The van der Waals surface area contributed by atoms with Crippen molar-refractivity contribution in [2.24, 2.45) is 0 Å². The van der Waals surface area contributed by atoms with Crippen molar-refractivity contribution in [2.45, 2.75) is 19.5 Å². The molecule has 1 aromatic carbocycles. The molecule has 0 saturated heterocycles. The van der Waals surface area contributed by atoms with Crippen molar-refractivity contribution in [1.82, 2.24) is 19.9 Å². The van der Waals surface area contributed by atoms with E-state index in [1.54, 1.807) is 30.6 Å². The van der Waals surface area contributed by atoms with Crippen LogP contribution in [0.1, 0.15) is 18.5 Å². The SMILES string of the molecule is CC(NC(=O)Cn1cnc2ccccc2c1=O)c1ccncc1. The summed E-state index contributed by atoms with van der Waals surface area (Å²) in [6.45, 7) is 1.82. The summed E-state index contributed by atoms with van der Waals surface area (Å²) in [4.78, 5) is 32.7. The van der Waals surface area contributed by atoms with Gasteiger partial charge in [-0.25, -0.2) is 4.98 Å². The maximum atomic E-state index is 12.4. The van der Waals surface area contributed by atoms with Gasteiger partial charge in [-0.05, 0) is 36.8 Å². The smallest absolute Gasteiger partial charge is 0.261 e. The first-order valence-electron chi connectivity index (χ1n) is 7.28. The molecule has 2 aromatic heterocycles. The summed E-state index contributed by atoms with van der Waals surface area (Å²) in [6.07, 6.45) is 4.76. The van der Waals surface area contributed by atoms with Crippen molar-refractivity contribution in [2.75, 3.05) is 0 Å². The highest BCUT2D eigenvalue weighted by molar-refractivity contribution is 5.79. The largest absolute Gasteiger partial charge is 0.348 e. The third-order valence-electron chi connectivity index (χ3n) is 3.63. The van der Waals surface area contributed by atoms with Crippen LogP contribution >= 0.6 is 0 Å². The minimum atomic E-state index is -0.242. The molecule has 1 amide bonds. The lowest BCUT2D eigenvalue weighted by atomic mass is 10.1. The molecule has 3 aromatic rings. The molecule has 0 bridgehead atoms. The fourth-order valence-electron chi connectivity index (χ4n) is 2.40. The Morgan fingerprint density at radius 3 is 2.74 bits per heavy atom. The number of rotatable bonds is 4. The van der Waals surface area contributed by atoms with Crippen LogP contribution in [0.3, 0.4) is 0 Å². The standard InChI is InChI=1S/C17H16N4O2/c1-12(13-6-8-18-9-7-13)20-16(22)10-21-11-19-15-5-3-2-4-14(15)17(21)23/h2-9,11-12H,10H2,1H3,(H,20,22). The van der Waals surface area contributed by atoms with Crippen LogP contribution in [-0.4, -0.2) is 20.4 Å². The first-order chi connectivity index (χ1) is 11.1. The lowest BCUT2D eigenvalue weighted by molar-refractivity contribution is -0.122. The summed E-state index contributed by atoms with van der Waals surface area (Å²) in [6, 6.07) is 10.6. The third-order valence-corrected chi connectivity index (χ3v) is 3.63. The van der Waals surface area contributed by atoms with Crippen molar-refractivity contribution in [3.05, 3.63) is 71.0 Å². The second kappa shape index (κ2) is 6.39. The Kier molecular flexibility index (Phi) is 4.14. The number of amides is 1. The number of pyridine rings is 1. The first kappa shape index (κ1) is 14.9. The Balaban J connectivity index is 1.76. The summed E-state index contributed by atoms with van der Waals surface area (Å²) in [7, 11) is 0. The van der Waals surface area contributed by atoms with Crippen LogP contribution in [0.4, 0.5) is 0 Å². The minimum Gasteiger partial charge on any atom is -0.348 e. The van der Waals surface area contributed by atoms with Crippen LogP contribution in [0.25, 0.3) is 10.9 Å². The summed E-state index contributed by atoms with van der Waals surface area (Å²) < 4.78 is 1.32. The van der Waals surface area contributed by atoms with Crippen LogP contribution in [0, 0.1) is 0 Å². The van der Waals surface area contributed by atoms with Crippen LogP contribution < -0.4 is 10.9 Å². The summed E-state index contributed by atoms with van der Waals surface area (Å²) >= 11 is 0. The molecule has 3 rings (SSSR count). The van der Waals surface area contributed by atoms with Crippen molar-refractivity contribution >= 4 is 16.8 Å². The van der Waals surface area contributed by atoms with E-state index in [9.17, 15) is 9.59 Å². The molecule has 116 valence electrons. The summed E-state index contributed by atoms with van der Waals surface area (Å²) in [5.74, 6) is -0.242. The number of carbonyl (C=O) groups is 1. The topological polar surface area (TPSA) is 76.9 Å². The van der Waals surface area contributed by atoms with Crippen LogP contribution in [0.2, 0.25) is 0 Å². The zero-order valence-electron chi connectivity index (χ0n) is 12.6. The Bertz CT molecular complexity index is 890. The molecule has 6 nitrogen and oxygen atoms in total. The highest BCUT2D eigenvalue weighted by Crippen LogP contribution is 2.10. The van der Waals surface area contributed by atoms with E-state index in [4.69, 9.17) is 0 Å². The van der Waals surface area contributed by atoms with Gasteiger partial charge in [-0.1, -0.05) is 12.1 Å². The molecular formula is C17H16N4O2. The van der Waals surface area contributed by atoms with E-state index in [-0.39, 0.29) is 24.1 Å². The van der Waals surface area contributed by atoms with Gasteiger partial charge < -0.3 is 5.32 Å². The van der Waals surface area contributed by atoms with E-state index in [0.717, 1.165) is 5.56 Å². The first-order valence-corrected chi connectivity index (χ1v) is 7.28. The van der Waals surface area contributed by atoms with E-state index in [2.05, 4.69) is 15.3 Å². The number of nitrogens with zero attached hydrogens (tertiary/aromatic N) is 3. The molecule has 6 heteroatoms. The summed E-state index contributed by atoms with van der Waals surface area (Å²) in [5, 5.41) is 3.37. The molecule has 0 saturated carbocycles. The van der Waals surface area contributed by atoms with Gasteiger partial charge in [0.15, 0.2) is 0 Å². The maximum absolute atomic E-state index is 12.4. The van der Waals surface area contributed by atoms with Gasteiger partial charge in [0, 0.05) is 12.4 Å². The second-order valence-corrected chi connectivity index (χ2v) is 5.26. The van der Waals surface area contributed by atoms with Crippen molar-refractivity contribution in [3.63, 3.8) is 0 Å². The molecular weight excluding hydrogens is 292 g/mol. The average molecular weight is 308 g/mol. The normalized spacial score (nSPS) is 12.0. The Morgan fingerprint density at radius 2 is 1.96 bits per heavy atom. The Morgan fingerprint density at radius 1 is 1.22 bits per heavy atom. The lowest BCUT2D eigenvalue weighted by Gasteiger charge is -2.14. The van der Waals surface area contributed by atoms with Gasteiger partial charge in [0.1, 0.15) is 6.54 Å². The van der Waals surface area contributed by atoms with Gasteiger partial charge in [0.25, 0.3) is 5.56 Å². The number of carbonyl (C=O) groups excluding carboxylic acids is 1. The predicted molar refractivity (Wildman–Crippen MR) is 86.8 cm³/mol. The molecule has 0 radical (unpaired) electrons. The molecule has 0 fully saturated rings. The maximum Gasteiger partial charge on any atom is 0.261 e. The van der Waals surface area contributed by atoms with Crippen molar-refractivity contribution in [3.8, 4) is 0 Å². The van der Waals surface area contributed by atoms with E-state index in [1.807, 2.05) is 25.1 Å². The van der Waals surface area contributed by atoms with E-state index in [0.29, 0.717) is 10.9 Å². The van der Waals surface area contributed by atoms with E-state index >= 15 is 0 Å². The fraction of sp³-hybridized carbons (Fsp3) is 0.176. The van der Waals surface area contributed by atoms with Crippen LogP contribution in [0.15, 0.2) is 59.9 Å². The highest BCUT2D eigenvalue weighted by atomic mass is 16.2. The number of para-hydroxylation sites is 1. The molecule has 0 aliphatic carbocycles. The number of hydrogen-bond acceptors (Lipinski definition) is 4. The molecule has 23 heavy (non-hydrogen) atoms. The summed E-state index contributed by atoms with van der Waals surface area (Å²) in [5.41, 5.74) is 1.36. The van der Waals surface area contributed by atoms with Crippen molar-refractivity contribution < 1.29 is 4.79 Å². The van der Waals surface area contributed by atoms with E-state index in [1.165, 1.54) is 10.9 Å². The molecule has 0 aliphatic rings. The monoisotopic (exact) mass is 308 g/mol. The highest BCUT2D eigenvalue weighted by Gasteiger charge is 2.11. The number of aromatic nitrogens is 3. The molecule has 1 atom stereocenters. The number of hydrogen-bond donors (Lipinski definition) is 1. The predicted octanol–water partition coefficient (Wildman–Crippen LogP) is 1.67. The molecule has 0 aliphatic heterocycles. The van der Waals surface area contributed by atoms with Crippen LogP contribution in [0.5, 0.6) is 0 Å². The van der Waals surface area contributed by atoms with Gasteiger partial charge in [-0.15, -0.1) is 0 Å². The minimum absolute atomic E-state index is 0.0634. The molecule has 1 N–H and O–H groups in total. The van der Waals surface area contributed by atoms with Gasteiger partial charge >= 0.3 is 0 Å². The lowest BCUT2D eigenvalue weighted by Crippen LogP contribution is -2.33. The number of nitrogens with one attached hydrogen (secondary N) is 1. The Labute approximate surface area is 132 Å². The van der Waals surface area contributed by atoms with Gasteiger partial charge in [0.05, 0.1) is 23.3 Å². The molecule has 0 spiro atoms. The number of benzene rings is 1. The zero-order valence-corrected chi connectivity index (χ0v) is 12.6. The third kappa shape index (κ3) is 3.26. The average Bonchev–Trinajstić information content (AvgIpc) is 2.58.